The van der Waals surface area contributed by atoms with E-state index in [1.807, 2.05) is 52.9 Å². The first kappa shape index (κ1) is 41.6. The molecule has 11 nitrogen and oxygen atoms in total. The first-order valence-electron chi connectivity index (χ1n) is 20.5. The molecule has 0 bridgehead atoms. The molecule has 1 aliphatic heterocycles. The number of ketones is 2. The van der Waals surface area contributed by atoms with Gasteiger partial charge in [0.25, 0.3) is 5.60 Å². The minimum atomic E-state index is -2.20. The van der Waals surface area contributed by atoms with Crippen LogP contribution in [0.25, 0.3) is 0 Å². The van der Waals surface area contributed by atoms with Crippen molar-refractivity contribution in [3.8, 4) is 0 Å². The van der Waals surface area contributed by atoms with Gasteiger partial charge in [-0.3, -0.25) is 9.59 Å². The second kappa shape index (κ2) is 18.1. The van der Waals surface area contributed by atoms with Crippen LogP contribution in [-0.4, -0.2) is 89.6 Å². The first-order chi connectivity index (χ1) is 27.0. The van der Waals surface area contributed by atoms with Gasteiger partial charge in [0, 0.05) is 42.3 Å². The molecule has 11 heteroatoms. The number of ether oxygens (including phenoxy) is 2. The Bertz CT molecular complexity index is 1870. The number of likely N-dealkylation sites (N-methyl/N-ethyl adjacent to an activating group) is 1. The van der Waals surface area contributed by atoms with Gasteiger partial charge in [0.1, 0.15) is 11.9 Å². The lowest BCUT2D eigenvalue weighted by Gasteiger charge is -2.40. The highest BCUT2D eigenvalue weighted by Crippen LogP contribution is 2.60. The number of anilines is 1. The van der Waals surface area contributed by atoms with Crippen LogP contribution in [-0.2, 0) is 27.1 Å². The summed E-state index contributed by atoms with van der Waals surface area (Å²) in [7, 11) is 1.85. The van der Waals surface area contributed by atoms with Crippen molar-refractivity contribution in [2.75, 3.05) is 38.8 Å². The summed E-state index contributed by atoms with van der Waals surface area (Å²) in [4.78, 5) is 49.2. The normalized spacial score (nSPS) is 26.1. The molecule has 2 aromatic rings. The lowest BCUT2D eigenvalue weighted by Crippen LogP contribution is -2.53. The zero-order valence-electron chi connectivity index (χ0n) is 33.7. The predicted octanol–water partition coefficient (Wildman–Crippen LogP) is 5.66. The zero-order chi connectivity index (χ0) is 40.0. The quantitative estimate of drug-likeness (QED) is 0.0394. The number of pyridine rings is 1. The number of benzene rings is 1. The van der Waals surface area contributed by atoms with E-state index in [4.69, 9.17) is 9.47 Å². The van der Waals surface area contributed by atoms with Crippen molar-refractivity contribution in [2.45, 2.75) is 109 Å². The SMILES string of the molecule is CCNC1C=C2C=CCCC2CC1C(CCCO)OC(=O)C12OC1(CC(CO)=C(C)CCc1ccnc(NCNC)c1)C(=O)c1cccc(CC(C)C)c1C2=O. The average Bonchev–Trinajstić information content (AvgIpc) is 3.90. The van der Waals surface area contributed by atoms with Crippen molar-refractivity contribution < 1.29 is 34.1 Å². The summed E-state index contributed by atoms with van der Waals surface area (Å²) in [5, 5.41) is 30.6. The maximum Gasteiger partial charge on any atom is 0.350 e. The Morgan fingerprint density at radius 3 is 2.71 bits per heavy atom. The van der Waals surface area contributed by atoms with E-state index in [1.54, 1.807) is 18.3 Å². The lowest BCUT2D eigenvalue weighted by molar-refractivity contribution is -0.158. The third-order valence-electron chi connectivity index (χ3n) is 12.1. The molecule has 6 unspecified atom stereocenters. The number of nitrogens with zero attached hydrogens (tertiary/aromatic N) is 1. The van der Waals surface area contributed by atoms with Crippen molar-refractivity contribution in [3.05, 3.63) is 93.7 Å². The third kappa shape index (κ3) is 8.20. The highest BCUT2D eigenvalue weighted by molar-refractivity contribution is 6.33. The maximum absolute atomic E-state index is 15.0. The number of aliphatic hydroxyl groups is 2. The van der Waals surface area contributed by atoms with E-state index < -0.39 is 34.8 Å². The number of aliphatic hydroxyl groups excluding tert-OH is 2. The Morgan fingerprint density at radius 1 is 1.16 bits per heavy atom. The molecule has 0 amide bonds. The monoisotopic (exact) mass is 768 g/mol. The molecule has 56 heavy (non-hydrogen) atoms. The Balaban J connectivity index is 1.36. The van der Waals surface area contributed by atoms with Crippen LogP contribution in [0, 0.1) is 17.8 Å². The summed E-state index contributed by atoms with van der Waals surface area (Å²) in [6, 6.07) is 9.10. The summed E-state index contributed by atoms with van der Waals surface area (Å²) >= 11 is 0. The molecule has 0 radical (unpaired) electrons. The van der Waals surface area contributed by atoms with Crippen LogP contribution in [0.5, 0.6) is 0 Å². The topological polar surface area (TPSA) is 162 Å². The summed E-state index contributed by atoms with van der Waals surface area (Å²) in [5.41, 5.74) is 0.821. The molecule has 2 heterocycles. The number of hydrogen-bond donors (Lipinski definition) is 5. The summed E-state index contributed by atoms with van der Waals surface area (Å²) in [6.45, 7) is 8.87. The molecule has 4 aliphatic rings. The van der Waals surface area contributed by atoms with Gasteiger partial charge in [-0.25, -0.2) is 9.78 Å². The summed E-state index contributed by atoms with van der Waals surface area (Å²) < 4.78 is 12.9. The van der Waals surface area contributed by atoms with Crippen LogP contribution >= 0.6 is 0 Å². The maximum atomic E-state index is 15.0. The highest BCUT2D eigenvalue weighted by Gasteiger charge is 2.86. The van der Waals surface area contributed by atoms with Gasteiger partial charge in [-0.2, -0.15) is 0 Å². The molecule has 5 N–H and O–H groups in total. The van der Waals surface area contributed by atoms with E-state index in [1.165, 1.54) is 5.57 Å². The van der Waals surface area contributed by atoms with E-state index in [0.29, 0.717) is 62.4 Å². The number of epoxide rings is 1. The number of carbonyl (C=O) groups is 3. The number of carbonyl (C=O) groups excluding carboxylic acids is 3. The molecule has 1 fully saturated rings. The lowest BCUT2D eigenvalue weighted by atomic mass is 9.69. The molecule has 3 aliphatic carbocycles. The van der Waals surface area contributed by atoms with Crippen molar-refractivity contribution in [1.82, 2.24) is 15.6 Å². The predicted molar refractivity (Wildman–Crippen MR) is 216 cm³/mol. The van der Waals surface area contributed by atoms with Gasteiger partial charge in [0.15, 0.2) is 11.4 Å². The largest absolute Gasteiger partial charge is 0.459 e. The molecular formula is C45H60N4O7. The molecule has 1 saturated heterocycles. The van der Waals surface area contributed by atoms with Gasteiger partial charge >= 0.3 is 5.97 Å². The van der Waals surface area contributed by atoms with Gasteiger partial charge in [-0.05, 0) is 118 Å². The fourth-order valence-electron chi connectivity index (χ4n) is 9.10. The van der Waals surface area contributed by atoms with Gasteiger partial charge in [-0.1, -0.05) is 62.8 Å². The standard InChI is InChI=1S/C45H60N4O7/c1-6-47-37-24-32-12-8-7-11-31(32)23-36(37)38(15-10-20-50)55-43(54)45-42(53)40-33(21-28(2)3)13-9-14-35(40)41(52)44(45,56-45)25-34(26-51)29(4)16-17-30-18-19-48-39(22-30)49-27-46-5/h8-9,12-14,18-19,22,24,28,31,36-38,46-47,50-51H,6-7,10-11,15-17,20-21,23,25-27H2,1-5H3,(H,48,49). The molecule has 1 aromatic carbocycles. The number of allylic oxidation sites excluding steroid dienone is 4. The van der Waals surface area contributed by atoms with Crippen molar-refractivity contribution >= 4 is 23.4 Å². The first-order valence-corrected chi connectivity index (χ1v) is 20.5. The summed E-state index contributed by atoms with van der Waals surface area (Å²) in [5.74, 6) is -0.752. The third-order valence-corrected chi connectivity index (χ3v) is 12.1. The van der Waals surface area contributed by atoms with E-state index in [0.717, 1.165) is 36.2 Å². The van der Waals surface area contributed by atoms with Crippen LogP contribution in [0.15, 0.2) is 71.5 Å². The molecule has 1 aromatic heterocycles. The van der Waals surface area contributed by atoms with Crippen LogP contribution in [0.2, 0.25) is 0 Å². The van der Waals surface area contributed by atoms with Crippen LogP contribution < -0.4 is 16.0 Å². The van der Waals surface area contributed by atoms with Gasteiger partial charge in [0.2, 0.25) is 5.78 Å². The van der Waals surface area contributed by atoms with Crippen molar-refractivity contribution in [3.63, 3.8) is 0 Å². The smallest absolute Gasteiger partial charge is 0.350 e. The van der Waals surface area contributed by atoms with E-state index in [-0.39, 0.29) is 48.6 Å². The Morgan fingerprint density at radius 2 is 1.98 bits per heavy atom. The second-order valence-corrected chi connectivity index (χ2v) is 16.3. The number of hydrogen-bond acceptors (Lipinski definition) is 11. The van der Waals surface area contributed by atoms with Gasteiger partial charge in [-0.15, -0.1) is 0 Å². The van der Waals surface area contributed by atoms with Crippen molar-refractivity contribution in [2.24, 2.45) is 17.8 Å². The van der Waals surface area contributed by atoms with Crippen LogP contribution in [0.1, 0.15) is 104 Å². The zero-order valence-corrected chi connectivity index (χ0v) is 33.7. The number of nitrogens with one attached hydrogen (secondary N) is 3. The minimum Gasteiger partial charge on any atom is -0.459 e. The second-order valence-electron chi connectivity index (χ2n) is 16.3. The van der Waals surface area contributed by atoms with Crippen LogP contribution in [0.3, 0.4) is 0 Å². The highest BCUT2D eigenvalue weighted by atomic mass is 16.7. The fourth-order valence-corrected chi connectivity index (χ4v) is 9.10. The summed E-state index contributed by atoms with van der Waals surface area (Å²) in [6.07, 6.45) is 12.9. The fraction of sp³-hybridized carbons (Fsp3) is 0.556. The molecule has 6 atom stereocenters. The molecule has 0 spiro atoms. The van der Waals surface area contributed by atoms with Gasteiger partial charge < -0.3 is 35.6 Å². The molecule has 0 saturated carbocycles. The Labute approximate surface area is 331 Å². The minimum absolute atomic E-state index is 0.0774. The number of rotatable bonds is 19. The molecule has 6 rings (SSSR count). The number of aryl methyl sites for hydroxylation is 1. The van der Waals surface area contributed by atoms with Crippen LogP contribution in [0.4, 0.5) is 5.82 Å². The average molecular weight is 769 g/mol. The van der Waals surface area contributed by atoms with E-state index in [2.05, 4.69) is 39.2 Å². The van der Waals surface area contributed by atoms with Crippen molar-refractivity contribution in [1.29, 1.82) is 0 Å². The Kier molecular flexibility index (Phi) is 13.4. The van der Waals surface area contributed by atoms with E-state index >= 15 is 4.79 Å². The number of esters is 1. The molecular weight excluding hydrogens is 709 g/mol. The van der Waals surface area contributed by atoms with Gasteiger partial charge in [0.05, 0.1) is 13.3 Å². The number of aromatic nitrogens is 1. The molecule has 302 valence electrons. The number of fused-ring (bicyclic) bond motifs is 3. The Hall–Kier alpha value is -4.00. The van der Waals surface area contributed by atoms with E-state index in [9.17, 15) is 19.8 Å². The number of Topliss-reactive ketones (excluding diaryl/α,β-unsaturated/α-hetero) is 2.